The zero-order chi connectivity index (χ0) is 11.3. The molecule has 1 aromatic rings. The van der Waals surface area contributed by atoms with Crippen LogP contribution in [0.3, 0.4) is 0 Å². The highest BCUT2D eigenvalue weighted by Crippen LogP contribution is 2.27. The molecule has 0 radical (unpaired) electrons. The Morgan fingerprint density at radius 3 is 2.53 bits per heavy atom. The van der Waals surface area contributed by atoms with E-state index in [9.17, 15) is 9.90 Å². The molecule has 0 aromatic heterocycles. The molecule has 0 aliphatic heterocycles. The zero-order valence-corrected chi connectivity index (χ0v) is 8.94. The zero-order valence-electron chi connectivity index (χ0n) is 8.94. The van der Waals surface area contributed by atoms with Gasteiger partial charge in [0.1, 0.15) is 0 Å². The Morgan fingerprint density at radius 2 is 2.07 bits per heavy atom. The van der Waals surface area contributed by atoms with Crippen molar-refractivity contribution in [3.05, 3.63) is 48.6 Å². The third kappa shape index (κ3) is 2.94. The van der Waals surface area contributed by atoms with Crippen molar-refractivity contribution in [1.29, 1.82) is 0 Å². The summed E-state index contributed by atoms with van der Waals surface area (Å²) in [6, 6.07) is 9.67. The van der Waals surface area contributed by atoms with E-state index in [1.807, 2.05) is 30.3 Å². The van der Waals surface area contributed by atoms with Gasteiger partial charge in [0.25, 0.3) is 0 Å². The summed E-state index contributed by atoms with van der Waals surface area (Å²) in [6.45, 7) is 5.36. The Bertz CT molecular complexity index is 343. The Balaban J connectivity index is 2.84. The van der Waals surface area contributed by atoms with Crippen LogP contribution >= 0.6 is 0 Å². The number of carbonyl (C=O) groups is 1. The van der Waals surface area contributed by atoms with Crippen LogP contribution in [0.4, 0.5) is 0 Å². The van der Waals surface area contributed by atoms with Gasteiger partial charge < -0.3 is 5.11 Å². The van der Waals surface area contributed by atoms with E-state index in [1.54, 1.807) is 13.0 Å². The molecule has 0 spiro atoms. The number of carboxylic acids is 1. The molecule has 1 aromatic carbocycles. The summed E-state index contributed by atoms with van der Waals surface area (Å²) >= 11 is 0. The summed E-state index contributed by atoms with van der Waals surface area (Å²) < 4.78 is 0. The van der Waals surface area contributed by atoms with Gasteiger partial charge in [-0.1, -0.05) is 36.4 Å². The summed E-state index contributed by atoms with van der Waals surface area (Å²) in [7, 11) is 0. The van der Waals surface area contributed by atoms with Crippen molar-refractivity contribution >= 4 is 5.97 Å². The van der Waals surface area contributed by atoms with Crippen LogP contribution in [-0.2, 0) is 11.2 Å². The van der Waals surface area contributed by atoms with Crippen molar-refractivity contribution in [3.8, 4) is 0 Å². The van der Waals surface area contributed by atoms with Crippen molar-refractivity contribution in [3.63, 3.8) is 0 Å². The molecule has 0 amide bonds. The molecule has 2 nitrogen and oxygen atoms in total. The summed E-state index contributed by atoms with van der Waals surface area (Å²) in [5.74, 6) is -0.772. The lowest BCUT2D eigenvalue weighted by atomic mass is 9.81. The van der Waals surface area contributed by atoms with Crippen LogP contribution in [0.15, 0.2) is 43.0 Å². The maximum atomic E-state index is 11.2. The van der Waals surface area contributed by atoms with Gasteiger partial charge in [-0.2, -0.15) is 0 Å². The Kier molecular flexibility index (Phi) is 3.67. The molecular weight excluding hydrogens is 188 g/mol. The second-order valence-corrected chi connectivity index (χ2v) is 4.02. The molecule has 15 heavy (non-hydrogen) atoms. The predicted octanol–water partition coefficient (Wildman–Crippen LogP) is 2.90. The summed E-state index contributed by atoms with van der Waals surface area (Å²) in [5.41, 5.74) is 0.299. The highest BCUT2D eigenvalue weighted by molar-refractivity contribution is 5.74. The van der Waals surface area contributed by atoms with Crippen LogP contribution in [-0.4, -0.2) is 11.1 Å². The van der Waals surface area contributed by atoms with Gasteiger partial charge in [-0.25, -0.2) is 0 Å². The van der Waals surface area contributed by atoms with Crippen molar-refractivity contribution in [2.24, 2.45) is 5.41 Å². The minimum absolute atomic E-state index is 0.483. The van der Waals surface area contributed by atoms with Crippen LogP contribution in [0, 0.1) is 5.41 Å². The average molecular weight is 204 g/mol. The standard InChI is InChI=1S/C13H16O2/c1-3-9-13(2,12(14)15)10-11-7-5-4-6-8-11/h3-8H,1,9-10H2,2H3,(H,14,15). The van der Waals surface area contributed by atoms with Gasteiger partial charge in [-0.05, 0) is 25.3 Å². The molecule has 0 aliphatic rings. The Morgan fingerprint density at radius 1 is 1.47 bits per heavy atom. The minimum atomic E-state index is -0.772. The molecular formula is C13H16O2. The van der Waals surface area contributed by atoms with Gasteiger partial charge in [0.15, 0.2) is 0 Å². The fourth-order valence-corrected chi connectivity index (χ4v) is 1.60. The topological polar surface area (TPSA) is 37.3 Å². The van der Waals surface area contributed by atoms with E-state index in [-0.39, 0.29) is 0 Å². The summed E-state index contributed by atoms with van der Waals surface area (Å²) in [6.07, 6.45) is 2.68. The highest BCUT2D eigenvalue weighted by Gasteiger charge is 2.31. The van der Waals surface area contributed by atoms with Crippen LogP contribution in [0.25, 0.3) is 0 Å². The smallest absolute Gasteiger partial charge is 0.310 e. The first kappa shape index (κ1) is 11.5. The lowest BCUT2D eigenvalue weighted by Gasteiger charge is -2.23. The van der Waals surface area contributed by atoms with Gasteiger partial charge in [0.05, 0.1) is 5.41 Å². The van der Waals surface area contributed by atoms with Crippen molar-refractivity contribution in [1.82, 2.24) is 0 Å². The van der Waals surface area contributed by atoms with Gasteiger partial charge in [-0.3, -0.25) is 4.79 Å². The summed E-state index contributed by atoms with van der Waals surface area (Å²) in [4.78, 5) is 11.2. The molecule has 1 atom stereocenters. The number of carboxylic acid groups (broad SMARTS) is 1. The molecule has 0 fully saturated rings. The Labute approximate surface area is 90.3 Å². The van der Waals surface area contributed by atoms with Gasteiger partial charge in [-0.15, -0.1) is 6.58 Å². The van der Waals surface area contributed by atoms with E-state index in [2.05, 4.69) is 6.58 Å². The maximum Gasteiger partial charge on any atom is 0.310 e. The van der Waals surface area contributed by atoms with Crippen LogP contribution < -0.4 is 0 Å². The minimum Gasteiger partial charge on any atom is -0.481 e. The lowest BCUT2D eigenvalue weighted by Crippen LogP contribution is -2.29. The number of aliphatic carboxylic acids is 1. The van der Waals surface area contributed by atoms with E-state index in [0.717, 1.165) is 5.56 Å². The molecule has 0 heterocycles. The molecule has 1 N–H and O–H groups in total. The lowest BCUT2D eigenvalue weighted by molar-refractivity contribution is -0.147. The number of benzene rings is 1. The van der Waals surface area contributed by atoms with Crippen LogP contribution in [0.1, 0.15) is 18.9 Å². The number of hydrogen-bond acceptors (Lipinski definition) is 1. The highest BCUT2D eigenvalue weighted by atomic mass is 16.4. The van der Waals surface area contributed by atoms with Crippen molar-refractivity contribution in [2.45, 2.75) is 19.8 Å². The van der Waals surface area contributed by atoms with Crippen LogP contribution in [0.5, 0.6) is 0 Å². The quantitative estimate of drug-likeness (QED) is 0.749. The van der Waals surface area contributed by atoms with E-state index >= 15 is 0 Å². The predicted molar refractivity (Wildman–Crippen MR) is 60.7 cm³/mol. The molecule has 0 saturated carbocycles. The first-order valence-corrected chi connectivity index (χ1v) is 4.97. The van der Waals surface area contributed by atoms with E-state index in [1.165, 1.54) is 0 Å². The third-order valence-corrected chi connectivity index (χ3v) is 2.55. The summed E-state index contributed by atoms with van der Waals surface area (Å²) in [5, 5.41) is 9.18. The second kappa shape index (κ2) is 4.78. The molecule has 0 saturated heterocycles. The fraction of sp³-hybridized carbons (Fsp3) is 0.308. The van der Waals surface area contributed by atoms with E-state index in [4.69, 9.17) is 0 Å². The monoisotopic (exact) mass is 204 g/mol. The van der Waals surface area contributed by atoms with Crippen LogP contribution in [0.2, 0.25) is 0 Å². The Hall–Kier alpha value is -1.57. The molecule has 1 rings (SSSR count). The molecule has 0 bridgehead atoms. The fourth-order valence-electron chi connectivity index (χ4n) is 1.60. The van der Waals surface area contributed by atoms with Gasteiger partial charge in [0.2, 0.25) is 0 Å². The second-order valence-electron chi connectivity index (χ2n) is 4.02. The molecule has 80 valence electrons. The van der Waals surface area contributed by atoms with Crippen molar-refractivity contribution < 1.29 is 9.90 Å². The third-order valence-electron chi connectivity index (χ3n) is 2.55. The number of rotatable bonds is 5. The van der Waals surface area contributed by atoms with Crippen molar-refractivity contribution in [2.75, 3.05) is 0 Å². The SMILES string of the molecule is C=CCC(C)(Cc1ccccc1)C(=O)O. The van der Waals surface area contributed by atoms with E-state index < -0.39 is 11.4 Å². The molecule has 1 unspecified atom stereocenters. The number of hydrogen-bond donors (Lipinski definition) is 1. The average Bonchev–Trinajstić information content (AvgIpc) is 2.19. The van der Waals surface area contributed by atoms with Gasteiger partial charge >= 0.3 is 5.97 Å². The first-order valence-electron chi connectivity index (χ1n) is 4.97. The number of allylic oxidation sites excluding steroid dienone is 1. The molecule has 0 aliphatic carbocycles. The first-order chi connectivity index (χ1) is 7.08. The van der Waals surface area contributed by atoms with Gasteiger partial charge in [0, 0.05) is 0 Å². The normalized spacial score (nSPS) is 14.2. The maximum absolute atomic E-state index is 11.2. The largest absolute Gasteiger partial charge is 0.481 e. The van der Waals surface area contributed by atoms with E-state index in [0.29, 0.717) is 12.8 Å². The molecule has 2 heteroatoms.